The summed E-state index contributed by atoms with van der Waals surface area (Å²) in [5, 5.41) is 13.7. The van der Waals surface area contributed by atoms with Gasteiger partial charge in [0.2, 0.25) is 5.43 Å². The highest BCUT2D eigenvalue weighted by atomic mass is 127. The van der Waals surface area contributed by atoms with E-state index in [1.165, 1.54) is 0 Å². The summed E-state index contributed by atoms with van der Waals surface area (Å²) in [6.45, 7) is 0. The monoisotopic (exact) mass is 290 g/mol. The third-order valence-electron chi connectivity index (χ3n) is 1.46. The van der Waals surface area contributed by atoms with Gasteiger partial charge in [0, 0.05) is 0 Å². The number of nitrogens with zero attached hydrogens (tertiary/aromatic N) is 4. The van der Waals surface area contributed by atoms with Crippen LogP contribution >= 0.6 is 22.6 Å². The van der Waals surface area contributed by atoms with Crippen LogP contribution in [-0.4, -0.2) is 25.6 Å². The van der Waals surface area contributed by atoms with Crippen molar-refractivity contribution in [2.75, 3.05) is 5.73 Å². The number of hydrogen-bond acceptors (Lipinski definition) is 6. The van der Waals surface area contributed by atoms with E-state index in [0.29, 0.717) is 3.57 Å². The highest BCUT2D eigenvalue weighted by Crippen LogP contribution is 2.09. The van der Waals surface area contributed by atoms with Crippen LogP contribution in [0.1, 0.15) is 0 Å². The summed E-state index contributed by atoms with van der Waals surface area (Å²) < 4.78 is 0.382. The molecule has 0 spiro atoms. The zero-order chi connectivity index (χ0) is 9.42. The van der Waals surface area contributed by atoms with E-state index in [1.807, 2.05) is 22.6 Å². The zero-order valence-electron chi connectivity index (χ0n) is 6.15. The van der Waals surface area contributed by atoms with Crippen molar-refractivity contribution in [2.24, 2.45) is 0 Å². The molecule has 8 heteroatoms. The molecular weight excluding hydrogens is 287 g/mol. The molecule has 0 fully saturated rings. The minimum absolute atomic E-state index is 0.147. The van der Waals surface area contributed by atoms with Gasteiger partial charge in [-0.3, -0.25) is 4.79 Å². The molecule has 0 aliphatic heterocycles. The number of hydrogen-bond donors (Lipinski definition) is 2. The summed E-state index contributed by atoms with van der Waals surface area (Å²) >= 11 is 1.83. The lowest BCUT2D eigenvalue weighted by molar-refractivity contribution is 0.789. The van der Waals surface area contributed by atoms with Crippen molar-refractivity contribution in [3.8, 4) is 0 Å². The van der Waals surface area contributed by atoms with Gasteiger partial charge in [0.1, 0.15) is 9.39 Å². The number of anilines is 1. The summed E-state index contributed by atoms with van der Waals surface area (Å²) in [6.07, 6.45) is 0. The Morgan fingerprint density at radius 3 is 2.77 bits per heavy atom. The maximum absolute atomic E-state index is 11.5. The first kappa shape index (κ1) is 8.29. The van der Waals surface area contributed by atoms with E-state index in [9.17, 15) is 4.79 Å². The molecular formula is C5H3IN6O. The van der Waals surface area contributed by atoms with Crippen molar-refractivity contribution in [3.05, 3.63) is 13.8 Å². The second-order valence-corrected chi connectivity index (χ2v) is 3.34. The summed E-state index contributed by atoms with van der Waals surface area (Å²) in [7, 11) is 0. The molecule has 0 amide bonds. The third-order valence-corrected chi connectivity index (χ3v) is 2.53. The Hall–Kier alpha value is -1.32. The van der Waals surface area contributed by atoms with E-state index in [0.717, 1.165) is 0 Å². The van der Waals surface area contributed by atoms with Crippen LogP contribution in [0.25, 0.3) is 11.2 Å². The number of aromatic nitrogens is 5. The van der Waals surface area contributed by atoms with Gasteiger partial charge in [0.25, 0.3) is 0 Å². The van der Waals surface area contributed by atoms with Crippen LogP contribution in [0.15, 0.2) is 4.79 Å². The first-order chi connectivity index (χ1) is 6.20. The molecule has 0 radical (unpaired) electrons. The first-order valence-electron chi connectivity index (χ1n) is 3.23. The lowest BCUT2D eigenvalue weighted by atomic mass is 10.4. The number of pyridine rings is 1. The molecule has 2 heterocycles. The highest BCUT2D eigenvalue weighted by molar-refractivity contribution is 14.1. The van der Waals surface area contributed by atoms with Crippen molar-refractivity contribution in [3.63, 3.8) is 0 Å². The fourth-order valence-electron chi connectivity index (χ4n) is 0.870. The van der Waals surface area contributed by atoms with Gasteiger partial charge in [0.05, 0.1) is 0 Å². The smallest absolute Gasteiger partial charge is 0.226 e. The Balaban J connectivity index is 3.03. The molecule has 0 unspecified atom stereocenters. The molecule has 2 aromatic rings. The molecule has 3 N–H and O–H groups in total. The van der Waals surface area contributed by atoms with Gasteiger partial charge in [-0.1, -0.05) is 0 Å². The third kappa shape index (κ3) is 1.22. The Morgan fingerprint density at radius 1 is 1.31 bits per heavy atom. The minimum Gasteiger partial charge on any atom is -0.384 e. The maximum Gasteiger partial charge on any atom is 0.226 e. The Bertz CT molecular complexity index is 522. The second kappa shape index (κ2) is 2.87. The van der Waals surface area contributed by atoms with E-state index in [2.05, 4.69) is 25.6 Å². The van der Waals surface area contributed by atoms with Crippen LogP contribution in [0.5, 0.6) is 0 Å². The van der Waals surface area contributed by atoms with E-state index in [-0.39, 0.29) is 22.4 Å². The molecule has 0 saturated carbocycles. The molecule has 0 aliphatic rings. The van der Waals surface area contributed by atoms with Crippen molar-refractivity contribution >= 4 is 39.6 Å². The zero-order valence-corrected chi connectivity index (χ0v) is 8.31. The molecule has 0 aliphatic carbocycles. The predicted molar refractivity (Wildman–Crippen MR) is 52.9 cm³/mol. The summed E-state index contributed by atoms with van der Waals surface area (Å²) in [6, 6.07) is 0. The molecule has 0 saturated heterocycles. The molecule has 66 valence electrons. The number of fused-ring (bicyclic) bond motifs is 1. The average Bonchev–Trinajstić information content (AvgIpc) is 2.15. The topological polar surface area (TPSA) is 110 Å². The molecule has 0 bridgehead atoms. The minimum atomic E-state index is -0.283. The molecule has 0 atom stereocenters. The van der Waals surface area contributed by atoms with Crippen molar-refractivity contribution in [1.29, 1.82) is 0 Å². The van der Waals surface area contributed by atoms with Crippen LogP contribution < -0.4 is 11.2 Å². The van der Waals surface area contributed by atoms with Gasteiger partial charge >= 0.3 is 0 Å². The molecule has 7 nitrogen and oxygen atoms in total. The van der Waals surface area contributed by atoms with Gasteiger partial charge in [-0.15, -0.1) is 10.2 Å². The van der Waals surface area contributed by atoms with Gasteiger partial charge in [-0.05, 0) is 33.0 Å². The normalized spacial score (nSPS) is 10.5. The van der Waals surface area contributed by atoms with E-state index >= 15 is 0 Å². The number of nitrogens with two attached hydrogens (primary N) is 1. The quantitative estimate of drug-likeness (QED) is 0.620. The lowest BCUT2D eigenvalue weighted by Gasteiger charge is -1.98. The van der Waals surface area contributed by atoms with E-state index in [1.54, 1.807) is 0 Å². The van der Waals surface area contributed by atoms with Gasteiger partial charge in [0.15, 0.2) is 11.2 Å². The van der Waals surface area contributed by atoms with Crippen LogP contribution in [0.3, 0.4) is 0 Å². The molecule has 0 aromatic carbocycles. The average molecular weight is 290 g/mol. The maximum atomic E-state index is 11.5. The molecule has 13 heavy (non-hydrogen) atoms. The predicted octanol–water partition coefficient (Wildman–Crippen LogP) is -0.705. The number of nitrogen functional groups attached to an aromatic ring is 1. The lowest BCUT2D eigenvalue weighted by Crippen LogP contribution is -2.14. The second-order valence-electron chi connectivity index (χ2n) is 2.26. The number of aromatic amines is 1. The van der Waals surface area contributed by atoms with Crippen LogP contribution in [0, 0.1) is 3.57 Å². The van der Waals surface area contributed by atoms with Gasteiger partial charge in [-0.25, -0.2) is 0 Å². The van der Waals surface area contributed by atoms with Gasteiger partial charge < -0.3 is 10.7 Å². The summed E-state index contributed by atoms with van der Waals surface area (Å²) in [4.78, 5) is 14.2. The van der Waals surface area contributed by atoms with Crippen molar-refractivity contribution in [2.45, 2.75) is 0 Å². The Kier molecular flexibility index (Phi) is 1.83. The fraction of sp³-hybridized carbons (Fsp3) is 0. The van der Waals surface area contributed by atoms with Crippen LogP contribution in [0.2, 0.25) is 0 Å². The summed E-state index contributed by atoms with van der Waals surface area (Å²) in [5.41, 5.74) is 5.62. The SMILES string of the molecule is Nc1[nH]c2nnnnc2c(=O)c1I. The fourth-order valence-corrected chi connectivity index (χ4v) is 1.26. The number of rotatable bonds is 0. The summed E-state index contributed by atoms with van der Waals surface area (Å²) in [5.74, 6) is 0.264. The number of halogens is 1. The number of H-pyrrole nitrogens is 1. The molecule has 2 aromatic heterocycles. The van der Waals surface area contributed by atoms with Crippen LogP contribution in [0.4, 0.5) is 5.82 Å². The van der Waals surface area contributed by atoms with E-state index < -0.39 is 0 Å². The molecule has 2 rings (SSSR count). The number of nitrogens with one attached hydrogen (secondary N) is 1. The highest BCUT2D eigenvalue weighted by Gasteiger charge is 2.09. The van der Waals surface area contributed by atoms with Crippen molar-refractivity contribution in [1.82, 2.24) is 25.6 Å². The van der Waals surface area contributed by atoms with Gasteiger partial charge in [-0.2, -0.15) is 0 Å². The van der Waals surface area contributed by atoms with Crippen molar-refractivity contribution < 1.29 is 0 Å². The Labute approximate surface area is 84.9 Å². The first-order valence-corrected chi connectivity index (χ1v) is 4.31. The Morgan fingerprint density at radius 2 is 2.00 bits per heavy atom. The largest absolute Gasteiger partial charge is 0.384 e. The standard InChI is InChI=1S/C5H3IN6O/c6-1-3(13)2-5(8-4(1)7)10-12-11-9-2/h(H3,7,8,10,11,13). The van der Waals surface area contributed by atoms with E-state index in [4.69, 9.17) is 5.73 Å². The van der Waals surface area contributed by atoms with Crippen LogP contribution in [-0.2, 0) is 0 Å².